The number of benzene rings is 2. The van der Waals surface area contributed by atoms with Gasteiger partial charge in [0.1, 0.15) is 17.3 Å². The molecule has 200 valence electrons. The molecule has 2 heterocycles. The van der Waals surface area contributed by atoms with Crippen molar-refractivity contribution in [2.24, 2.45) is 5.92 Å². The lowest BCUT2D eigenvalue weighted by molar-refractivity contribution is -0.127. The number of aromatic nitrogens is 1. The number of nitrogens with zero attached hydrogens (tertiary/aromatic N) is 2. The third-order valence-electron chi connectivity index (χ3n) is 7.32. The van der Waals surface area contributed by atoms with E-state index >= 15 is 0 Å². The SMILES string of the molecule is Cc1noc(/C=C/c2ccc(F)cc2F)c1S(=O)(=O)N1CCC(C(=O)N[C@@H]2CCCc3ccccc32)CC1. The highest BCUT2D eigenvalue weighted by molar-refractivity contribution is 7.89. The van der Waals surface area contributed by atoms with Crippen LogP contribution in [0.3, 0.4) is 0 Å². The predicted octanol–water partition coefficient (Wildman–Crippen LogP) is 5.03. The van der Waals surface area contributed by atoms with Crippen molar-refractivity contribution in [3.63, 3.8) is 0 Å². The number of aryl methyl sites for hydroxylation is 2. The fourth-order valence-corrected chi connectivity index (χ4v) is 7.00. The van der Waals surface area contributed by atoms with Gasteiger partial charge in [0.2, 0.25) is 15.9 Å². The topological polar surface area (TPSA) is 92.5 Å². The predicted molar refractivity (Wildman–Crippen MR) is 138 cm³/mol. The number of fused-ring (bicyclic) bond motifs is 1. The number of piperidine rings is 1. The zero-order valence-electron chi connectivity index (χ0n) is 21.0. The van der Waals surface area contributed by atoms with Crippen molar-refractivity contribution in [3.8, 4) is 0 Å². The summed E-state index contributed by atoms with van der Waals surface area (Å²) in [4.78, 5) is 13.0. The van der Waals surface area contributed by atoms with E-state index in [1.54, 1.807) is 0 Å². The molecular weight excluding hydrogens is 512 g/mol. The maximum Gasteiger partial charge on any atom is 0.248 e. The Labute approximate surface area is 220 Å². The summed E-state index contributed by atoms with van der Waals surface area (Å²) in [5.41, 5.74) is 2.69. The van der Waals surface area contributed by atoms with Crippen LogP contribution < -0.4 is 5.32 Å². The molecule has 1 N–H and O–H groups in total. The molecule has 2 aromatic carbocycles. The number of rotatable bonds is 6. The van der Waals surface area contributed by atoms with Crippen LogP contribution >= 0.6 is 0 Å². The molecule has 1 saturated heterocycles. The van der Waals surface area contributed by atoms with Gasteiger partial charge in [-0.3, -0.25) is 4.79 Å². The number of halogens is 2. The summed E-state index contributed by atoms with van der Waals surface area (Å²) in [6.45, 7) is 1.89. The van der Waals surface area contributed by atoms with Crippen molar-refractivity contribution >= 4 is 28.1 Å². The minimum atomic E-state index is -3.98. The van der Waals surface area contributed by atoms with Crippen molar-refractivity contribution in [1.82, 2.24) is 14.8 Å². The third kappa shape index (κ3) is 5.28. The van der Waals surface area contributed by atoms with Gasteiger partial charge in [0.25, 0.3) is 0 Å². The monoisotopic (exact) mass is 541 g/mol. The first-order valence-corrected chi connectivity index (χ1v) is 14.2. The minimum absolute atomic E-state index is 0.0193. The van der Waals surface area contributed by atoms with E-state index in [0.717, 1.165) is 37.0 Å². The first-order chi connectivity index (χ1) is 18.2. The molecule has 1 fully saturated rings. The Hall–Kier alpha value is -3.37. The van der Waals surface area contributed by atoms with E-state index in [9.17, 15) is 22.0 Å². The maximum atomic E-state index is 14.0. The van der Waals surface area contributed by atoms with Gasteiger partial charge >= 0.3 is 0 Å². The molecule has 0 bridgehead atoms. The highest BCUT2D eigenvalue weighted by Gasteiger charge is 2.36. The molecule has 1 amide bonds. The quantitative estimate of drug-likeness (QED) is 0.473. The Kier molecular flexibility index (Phi) is 7.45. The van der Waals surface area contributed by atoms with Gasteiger partial charge in [-0.15, -0.1) is 0 Å². The number of nitrogens with one attached hydrogen (secondary N) is 1. The fourth-order valence-electron chi connectivity index (χ4n) is 5.28. The van der Waals surface area contributed by atoms with Crippen LogP contribution in [0.4, 0.5) is 8.78 Å². The molecule has 0 spiro atoms. The zero-order chi connectivity index (χ0) is 26.9. The molecule has 7 nitrogen and oxygen atoms in total. The standard InChI is InChI=1S/C28H29F2N3O4S/c1-18-27(26(37-32-18)12-10-20-9-11-22(29)17-24(20)30)38(35,36)33-15-13-21(14-16-33)28(34)31-25-8-4-6-19-5-2-3-7-23(19)25/h2-3,5,7,9-12,17,21,25H,4,6,8,13-16H2,1H3,(H,31,34)/b12-10+/t25-/m1/s1. The molecule has 1 aromatic heterocycles. The molecule has 3 aromatic rings. The van der Waals surface area contributed by atoms with Crippen molar-refractivity contribution < 1.29 is 26.5 Å². The largest absolute Gasteiger partial charge is 0.355 e. The van der Waals surface area contributed by atoms with Crippen LogP contribution in [0.25, 0.3) is 12.2 Å². The van der Waals surface area contributed by atoms with Crippen molar-refractivity contribution in [1.29, 1.82) is 0 Å². The third-order valence-corrected chi connectivity index (χ3v) is 9.38. The van der Waals surface area contributed by atoms with Crippen LogP contribution in [0.5, 0.6) is 0 Å². The fraction of sp³-hybridized carbons (Fsp3) is 0.357. The smallest absolute Gasteiger partial charge is 0.248 e. The van der Waals surface area contributed by atoms with Gasteiger partial charge in [-0.25, -0.2) is 17.2 Å². The summed E-state index contributed by atoms with van der Waals surface area (Å²) in [5.74, 6) is -1.85. The minimum Gasteiger partial charge on any atom is -0.355 e. The van der Waals surface area contributed by atoms with Crippen LogP contribution in [0.1, 0.15) is 59.9 Å². The molecule has 0 radical (unpaired) electrons. The number of amides is 1. The lowest BCUT2D eigenvalue weighted by atomic mass is 9.87. The van der Waals surface area contributed by atoms with E-state index in [2.05, 4.69) is 22.6 Å². The van der Waals surface area contributed by atoms with Crippen LogP contribution in [0.15, 0.2) is 51.9 Å². The van der Waals surface area contributed by atoms with E-state index in [-0.39, 0.29) is 52.9 Å². The summed E-state index contributed by atoms with van der Waals surface area (Å²) in [5, 5.41) is 6.99. The number of hydrogen-bond acceptors (Lipinski definition) is 5. The van der Waals surface area contributed by atoms with Crippen LogP contribution in [-0.2, 0) is 21.2 Å². The molecule has 5 rings (SSSR count). The van der Waals surface area contributed by atoms with Crippen LogP contribution in [0, 0.1) is 24.5 Å². The van der Waals surface area contributed by atoms with Gasteiger partial charge in [0.15, 0.2) is 10.7 Å². The summed E-state index contributed by atoms with van der Waals surface area (Å²) in [6, 6.07) is 11.2. The molecule has 10 heteroatoms. The van der Waals surface area contributed by atoms with Crippen LogP contribution in [0.2, 0.25) is 0 Å². The van der Waals surface area contributed by atoms with Gasteiger partial charge in [-0.05, 0) is 74.4 Å². The summed E-state index contributed by atoms with van der Waals surface area (Å²) >= 11 is 0. The van der Waals surface area contributed by atoms with Crippen molar-refractivity contribution in [3.05, 3.63) is 82.2 Å². The van der Waals surface area contributed by atoms with Gasteiger partial charge < -0.3 is 9.84 Å². The maximum absolute atomic E-state index is 14.0. The highest BCUT2D eigenvalue weighted by Crippen LogP contribution is 2.32. The second-order valence-electron chi connectivity index (χ2n) is 9.79. The Morgan fingerprint density at radius 1 is 1.11 bits per heavy atom. The normalized spacial score (nSPS) is 19.0. The Bertz CT molecular complexity index is 1480. The van der Waals surface area contributed by atoms with E-state index in [4.69, 9.17) is 4.52 Å². The van der Waals surface area contributed by atoms with Gasteiger partial charge in [0, 0.05) is 30.6 Å². The Balaban J connectivity index is 1.26. The van der Waals surface area contributed by atoms with Gasteiger partial charge in [-0.1, -0.05) is 29.4 Å². The lowest BCUT2D eigenvalue weighted by Crippen LogP contribution is -2.44. The first-order valence-electron chi connectivity index (χ1n) is 12.7. The van der Waals surface area contributed by atoms with Gasteiger partial charge in [0.05, 0.1) is 6.04 Å². The molecule has 38 heavy (non-hydrogen) atoms. The summed E-state index contributed by atoms with van der Waals surface area (Å²) in [6.07, 6.45) is 6.34. The van der Waals surface area contributed by atoms with Crippen molar-refractivity contribution in [2.45, 2.75) is 50.0 Å². The van der Waals surface area contributed by atoms with E-state index < -0.39 is 21.7 Å². The lowest BCUT2D eigenvalue weighted by Gasteiger charge is -2.32. The van der Waals surface area contributed by atoms with E-state index in [0.29, 0.717) is 12.8 Å². The van der Waals surface area contributed by atoms with Crippen LogP contribution in [-0.4, -0.2) is 36.9 Å². The molecule has 0 saturated carbocycles. The van der Waals surface area contributed by atoms with E-state index in [1.165, 1.54) is 35.0 Å². The molecule has 2 aliphatic rings. The summed E-state index contributed by atoms with van der Waals surface area (Å²) < 4.78 is 60.8. The Morgan fingerprint density at radius 3 is 2.63 bits per heavy atom. The second kappa shape index (κ2) is 10.8. The number of carbonyl (C=O) groups excluding carboxylic acids is 1. The second-order valence-corrected chi connectivity index (χ2v) is 11.7. The van der Waals surface area contributed by atoms with Crippen molar-refractivity contribution in [2.75, 3.05) is 13.1 Å². The number of sulfonamides is 1. The Morgan fingerprint density at radius 2 is 1.87 bits per heavy atom. The van der Waals surface area contributed by atoms with Gasteiger partial charge in [-0.2, -0.15) is 4.31 Å². The average Bonchev–Trinajstić information content (AvgIpc) is 3.29. The molecule has 1 aliphatic carbocycles. The molecule has 1 atom stereocenters. The average molecular weight is 542 g/mol. The molecule has 1 aliphatic heterocycles. The number of hydrogen-bond donors (Lipinski definition) is 1. The summed E-state index contributed by atoms with van der Waals surface area (Å²) in [7, 11) is -3.98. The molecular formula is C28H29F2N3O4S. The van der Waals surface area contributed by atoms with E-state index in [1.807, 2.05) is 12.1 Å². The zero-order valence-corrected chi connectivity index (χ0v) is 21.8. The highest BCUT2D eigenvalue weighted by atomic mass is 32.2. The first kappa shape index (κ1) is 26.2. The molecule has 0 unspecified atom stereocenters. The number of carbonyl (C=O) groups is 1.